The van der Waals surface area contributed by atoms with E-state index in [1.165, 1.54) is 44.1 Å². The molecule has 4 aromatic heterocycles. The Morgan fingerprint density at radius 2 is 0.939 bits per heavy atom. The van der Waals surface area contributed by atoms with Gasteiger partial charge in [0.15, 0.2) is 0 Å². The fourth-order valence-electron chi connectivity index (χ4n) is 8.50. The standard InChI is InChI=1S/C27H23NO.C18H25NSi.C15H17N.Ir/c1-18(2)16-19-14-15-28-24(17-19)22-13-12-21(20-8-4-3-5-9-20)26-23-10-6-7-11-25(23)29-27(22)26;1-14(2)11-16-12-17(15-9-7-6-8-10-15)19-13-18(16)20(3,4)5;1-12(2)10-13-8-9-16-15(11-13)14-6-4-3-5-7-14;/h3-15,17-18H,16H2,1-2H3;6-10,12-14H,11H2,1-5H3;3-9,11-12H,10H2,1-2H3;. The zero-order valence-corrected chi connectivity index (χ0v) is 43.6. The quantitative estimate of drug-likeness (QED) is 0.121. The molecule has 9 aromatic rings. The molecule has 0 N–H and O–H groups in total. The van der Waals surface area contributed by atoms with Crippen LogP contribution in [0.4, 0.5) is 0 Å². The van der Waals surface area contributed by atoms with Crippen LogP contribution in [-0.2, 0) is 39.4 Å². The maximum Gasteiger partial charge on any atom is 0.145 e. The summed E-state index contributed by atoms with van der Waals surface area (Å²) in [5.74, 6) is 1.97. The third-order valence-corrected chi connectivity index (χ3v) is 13.5. The molecule has 4 nitrogen and oxygen atoms in total. The van der Waals surface area contributed by atoms with E-state index in [1.54, 1.807) is 0 Å². The van der Waals surface area contributed by atoms with Crippen molar-refractivity contribution in [2.75, 3.05) is 0 Å². The number of fused-ring (bicyclic) bond motifs is 3. The van der Waals surface area contributed by atoms with E-state index in [-0.39, 0.29) is 20.1 Å². The van der Waals surface area contributed by atoms with E-state index in [1.807, 2.05) is 48.8 Å². The number of hydrogen-bond donors (Lipinski definition) is 0. The summed E-state index contributed by atoms with van der Waals surface area (Å²) in [4.78, 5) is 13.8. The van der Waals surface area contributed by atoms with Gasteiger partial charge in [0.1, 0.15) is 11.2 Å². The zero-order valence-electron chi connectivity index (χ0n) is 40.2. The monoisotopic (exact) mass is 1060 g/mol. The predicted octanol–water partition coefficient (Wildman–Crippen LogP) is 16.0. The van der Waals surface area contributed by atoms with Gasteiger partial charge in [-0.2, -0.15) is 0 Å². The van der Waals surface area contributed by atoms with E-state index in [2.05, 4.69) is 199 Å². The maximum atomic E-state index is 6.38. The molecule has 0 spiro atoms. The number of nitrogens with zero attached hydrogens (tertiary/aromatic N) is 3. The molecule has 1 radical (unpaired) electrons. The Morgan fingerprint density at radius 1 is 0.470 bits per heavy atom. The Balaban J connectivity index is 0.000000171. The van der Waals surface area contributed by atoms with E-state index >= 15 is 0 Å². The third-order valence-electron chi connectivity index (χ3n) is 11.4. The Kier molecular flexibility index (Phi) is 17.4. The van der Waals surface area contributed by atoms with Crippen molar-refractivity contribution in [2.45, 2.75) is 80.4 Å². The molecule has 0 saturated carbocycles. The minimum absolute atomic E-state index is 0. The minimum atomic E-state index is -1.33. The van der Waals surface area contributed by atoms with Crippen LogP contribution in [-0.4, -0.2) is 23.0 Å². The molecule has 9 rings (SSSR count). The van der Waals surface area contributed by atoms with Crippen molar-refractivity contribution in [3.8, 4) is 44.9 Å². The summed E-state index contributed by atoms with van der Waals surface area (Å²) in [5.41, 5.74) is 14.9. The van der Waals surface area contributed by atoms with Gasteiger partial charge in [-0.3, -0.25) is 15.0 Å². The molecule has 5 aromatic carbocycles. The van der Waals surface area contributed by atoms with Gasteiger partial charge in [0.05, 0.1) is 25.2 Å². The van der Waals surface area contributed by atoms with Crippen LogP contribution in [0.5, 0.6) is 0 Å². The van der Waals surface area contributed by atoms with Crippen LogP contribution in [0.1, 0.15) is 58.2 Å². The Labute approximate surface area is 408 Å². The number of pyridine rings is 3. The zero-order chi connectivity index (χ0) is 45.9. The van der Waals surface area contributed by atoms with Gasteiger partial charge in [-0.15, -0.1) is 0 Å². The van der Waals surface area contributed by atoms with E-state index in [4.69, 9.17) is 9.40 Å². The fourth-order valence-corrected chi connectivity index (χ4v) is 10.1. The molecule has 0 aliphatic heterocycles. The number of hydrogen-bond acceptors (Lipinski definition) is 4. The van der Waals surface area contributed by atoms with Crippen LogP contribution in [0.3, 0.4) is 0 Å². The van der Waals surface area contributed by atoms with Crippen LogP contribution >= 0.6 is 0 Å². The van der Waals surface area contributed by atoms with Crippen molar-refractivity contribution in [3.63, 3.8) is 0 Å². The minimum Gasteiger partial charge on any atom is -0.455 e. The summed E-state index contributed by atoms with van der Waals surface area (Å²) < 4.78 is 6.38. The van der Waals surface area contributed by atoms with Crippen molar-refractivity contribution >= 4 is 35.2 Å². The van der Waals surface area contributed by atoms with Crippen LogP contribution in [0.25, 0.3) is 66.8 Å². The Hall–Kier alpha value is -5.78. The molecule has 66 heavy (non-hydrogen) atoms. The molecule has 4 heterocycles. The number of aromatic nitrogens is 3. The van der Waals surface area contributed by atoms with Crippen LogP contribution in [0.2, 0.25) is 19.6 Å². The van der Waals surface area contributed by atoms with E-state index < -0.39 is 8.07 Å². The number of para-hydroxylation sites is 1. The summed E-state index contributed by atoms with van der Waals surface area (Å²) in [6.07, 6.45) is 9.24. The molecular formula is C60H65IrN3OSi. The molecule has 0 fully saturated rings. The Morgan fingerprint density at radius 3 is 1.48 bits per heavy atom. The van der Waals surface area contributed by atoms with Gasteiger partial charge in [-0.25, -0.2) is 0 Å². The topological polar surface area (TPSA) is 51.8 Å². The first-order valence-corrected chi connectivity index (χ1v) is 26.8. The smallest absolute Gasteiger partial charge is 0.145 e. The van der Waals surface area contributed by atoms with Crippen molar-refractivity contribution in [2.24, 2.45) is 17.8 Å². The van der Waals surface area contributed by atoms with E-state index in [9.17, 15) is 0 Å². The number of rotatable bonds is 11. The molecule has 6 heteroatoms. The van der Waals surface area contributed by atoms with Gasteiger partial charge >= 0.3 is 0 Å². The van der Waals surface area contributed by atoms with Gasteiger partial charge in [-0.1, -0.05) is 176 Å². The summed E-state index contributed by atoms with van der Waals surface area (Å²) in [7, 11) is -1.33. The van der Waals surface area contributed by atoms with Gasteiger partial charge in [-0.05, 0) is 112 Å². The van der Waals surface area contributed by atoms with Crippen LogP contribution < -0.4 is 5.19 Å². The van der Waals surface area contributed by atoms with Gasteiger partial charge in [0.25, 0.3) is 0 Å². The Bertz CT molecular complexity index is 2920. The fraction of sp³-hybridized carbons (Fsp3) is 0.250. The molecule has 339 valence electrons. The van der Waals surface area contributed by atoms with Crippen molar-refractivity contribution < 1.29 is 24.5 Å². The molecule has 0 bridgehead atoms. The molecule has 0 unspecified atom stereocenters. The average molecular weight is 1060 g/mol. The largest absolute Gasteiger partial charge is 0.455 e. The first-order chi connectivity index (χ1) is 31.3. The van der Waals surface area contributed by atoms with Crippen LogP contribution in [0.15, 0.2) is 181 Å². The van der Waals surface area contributed by atoms with Gasteiger partial charge in [0, 0.05) is 66.2 Å². The second-order valence-electron chi connectivity index (χ2n) is 19.4. The molecule has 0 amide bonds. The summed E-state index contributed by atoms with van der Waals surface area (Å²) in [6.45, 7) is 20.7. The van der Waals surface area contributed by atoms with Crippen LogP contribution in [0, 0.1) is 17.8 Å². The van der Waals surface area contributed by atoms with E-state index in [0.29, 0.717) is 17.8 Å². The van der Waals surface area contributed by atoms with E-state index in [0.717, 1.165) is 63.8 Å². The van der Waals surface area contributed by atoms with Crippen molar-refractivity contribution in [1.29, 1.82) is 0 Å². The average Bonchev–Trinajstić information content (AvgIpc) is 3.69. The second kappa shape index (κ2) is 23.1. The first-order valence-electron chi connectivity index (χ1n) is 23.3. The SMILES string of the molecule is CC(C)Cc1cc(-c2ccccc2)ncc1[Si](C)(C)C.CC(C)Cc1ccnc(-c2ccc(-c3ccccc3)c3c2oc2ccccc23)c1.CC(C)Cc1ccnc(-c2ccccc2)c1.[Ir]. The first kappa shape index (κ1) is 49.6. The molecule has 0 aliphatic rings. The molecule has 0 saturated heterocycles. The van der Waals surface area contributed by atoms with Gasteiger partial charge in [0.2, 0.25) is 0 Å². The summed E-state index contributed by atoms with van der Waals surface area (Å²) in [6, 6.07) is 54.8. The summed E-state index contributed by atoms with van der Waals surface area (Å²) in [5, 5.41) is 3.80. The number of benzene rings is 5. The summed E-state index contributed by atoms with van der Waals surface area (Å²) >= 11 is 0. The van der Waals surface area contributed by atoms with Crippen molar-refractivity contribution in [1.82, 2.24) is 15.0 Å². The molecule has 0 aliphatic carbocycles. The second-order valence-corrected chi connectivity index (χ2v) is 24.5. The maximum absolute atomic E-state index is 6.38. The molecule has 0 atom stereocenters. The van der Waals surface area contributed by atoms with Gasteiger partial charge < -0.3 is 4.42 Å². The normalized spacial score (nSPS) is 11.3. The number of furan rings is 1. The predicted molar refractivity (Wildman–Crippen MR) is 280 cm³/mol. The third kappa shape index (κ3) is 13.0. The molecular weight excluding hydrogens is 999 g/mol. The van der Waals surface area contributed by atoms with Crippen molar-refractivity contribution in [3.05, 3.63) is 193 Å².